The van der Waals surface area contributed by atoms with E-state index in [2.05, 4.69) is 5.32 Å². The van der Waals surface area contributed by atoms with Crippen molar-refractivity contribution in [3.8, 4) is 5.69 Å². The minimum atomic E-state index is -0.228. The minimum Gasteiger partial charge on any atom is -0.392 e. The average Bonchev–Trinajstić information content (AvgIpc) is 2.85. The monoisotopic (exact) mass is 312 g/mol. The van der Waals surface area contributed by atoms with Crippen molar-refractivity contribution >= 4 is 29.1 Å². The lowest BCUT2D eigenvalue weighted by Gasteiger charge is -2.14. The first kappa shape index (κ1) is 14.9. The van der Waals surface area contributed by atoms with Crippen LogP contribution in [-0.4, -0.2) is 15.6 Å². The Bertz CT molecular complexity index is 638. The van der Waals surface area contributed by atoms with Gasteiger partial charge in [-0.25, -0.2) is 0 Å². The summed E-state index contributed by atoms with van der Waals surface area (Å²) in [6.45, 7) is 1.63. The third-order valence-electron chi connectivity index (χ3n) is 2.93. The van der Waals surface area contributed by atoms with Crippen LogP contribution in [0.25, 0.3) is 5.69 Å². The van der Waals surface area contributed by atoms with E-state index in [4.69, 9.17) is 23.2 Å². The van der Waals surface area contributed by atoms with Crippen LogP contribution in [0.4, 0.5) is 0 Å². The molecule has 2 aromatic rings. The smallest absolute Gasteiger partial charge is 0.217 e. The van der Waals surface area contributed by atoms with E-state index in [1.54, 1.807) is 12.1 Å². The summed E-state index contributed by atoms with van der Waals surface area (Å²) in [4.78, 5) is 11.0. The lowest BCUT2D eigenvalue weighted by atomic mass is 10.2. The lowest BCUT2D eigenvalue weighted by Crippen LogP contribution is -2.20. The molecule has 0 saturated heterocycles. The fourth-order valence-corrected chi connectivity index (χ4v) is 2.51. The quantitative estimate of drug-likeness (QED) is 0.912. The summed E-state index contributed by atoms with van der Waals surface area (Å²) in [6.07, 6.45) is 1.84. The number of hydrogen-bond acceptors (Lipinski definition) is 2. The van der Waals surface area contributed by atoms with E-state index < -0.39 is 0 Å². The lowest BCUT2D eigenvalue weighted by molar-refractivity contribution is -0.119. The van der Waals surface area contributed by atoms with Gasteiger partial charge in [-0.2, -0.15) is 0 Å². The van der Waals surface area contributed by atoms with Gasteiger partial charge >= 0.3 is 0 Å². The summed E-state index contributed by atoms with van der Waals surface area (Å²) >= 11 is 12.3. The van der Waals surface area contributed by atoms with E-state index >= 15 is 0 Å². The van der Waals surface area contributed by atoms with Gasteiger partial charge < -0.3 is 15.0 Å². The van der Waals surface area contributed by atoms with Gasteiger partial charge in [0.1, 0.15) is 0 Å². The molecule has 2 rings (SSSR count). The molecule has 0 bridgehead atoms. The number of hydrogen-bond donors (Lipinski definition) is 2. The van der Waals surface area contributed by atoms with Gasteiger partial charge in [-0.05, 0) is 24.3 Å². The van der Waals surface area contributed by atoms with Crippen molar-refractivity contribution in [1.29, 1.82) is 0 Å². The number of aliphatic hydroxyl groups is 1. The fraction of sp³-hybridized carbons (Fsp3) is 0.214. The molecule has 0 saturated carbocycles. The molecule has 4 nitrogen and oxygen atoms in total. The molecular weight excluding hydrogens is 299 g/mol. The Balaban J connectivity index is 2.42. The van der Waals surface area contributed by atoms with Crippen LogP contribution in [0.5, 0.6) is 0 Å². The van der Waals surface area contributed by atoms with Gasteiger partial charge in [-0.15, -0.1) is 0 Å². The second-order valence-electron chi connectivity index (χ2n) is 4.30. The highest BCUT2D eigenvalue weighted by Crippen LogP contribution is 2.31. The van der Waals surface area contributed by atoms with Gasteiger partial charge in [-0.1, -0.05) is 23.2 Å². The van der Waals surface area contributed by atoms with Crippen LogP contribution in [0, 0.1) is 0 Å². The van der Waals surface area contributed by atoms with Gasteiger partial charge in [0.2, 0.25) is 5.91 Å². The average molecular weight is 313 g/mol. The van der Waals surface area contributed by atoms with E-state index in [1.807, 2.05) is 22.9 Å². The predicted octanol–water partition coefficient (Wildman–Crippen LogP) is 2.91. The Labute approximate surface area is 126 Å². The molecule has 2 N–H and O–H groups in total. The summed E-state index contributed by atoms with van der Waals surface area (Å²) in [5.41, 5.74) is 2.09. The van der Waals surface area contributed by atoms with Crippen LogP contribution in [0.15, 0.2) is 30.5 Å². The van der Waals surface area contributed by atoms with Gasteiger partial charge in [0.25, 0.3) is 0 Å². The van der Waals surface area contributed by atoms with Crippen LogP contribution >= 0.6 is 23.2 Å². The van der Waals surface area contributed by atoms with Crippen LogP contribution < -0.4 is 5.32 Å². The molecule has 6 heteroatoms. The zero-order valence-corrected chi connectivity index (χ0v) is 12.4. The van der Waals surface area contributed by atoms with E-state index in [1.165, 1.54) is 6.92 Å². The summed E-state index contributed by atoms with van der Waals surface area (Å²) in [7, 11) is 0. The maximum Gasteiger partial charge on any atom is 0.217 e. The Hall–Kier alpha value is -1.49. The van der Waals surface area contributed by atoms with E-state index in [0.717, 1.165) is 5.69 Å². The normalized spacial score (nSPS) is 10.6. The zero-order valence-electron chi connectivity index (χ0n) is 10.9. The molecule has 1 amide bonds. The third kappa shape index (κ3) is 2.98. The van der Waals surface area contributed by atoms with E-state index in [9.17, 15) is 9.90 Å². The second kappa shape index (κ2) is 6.31. The Morgan fingerprint density at radius 1 is 1.35 bits per heavy atom. The summed E-state index contributed by atoms with van der Waals surface area (Å²) in [5, 5.41) is 12.9. The topological polar surface area (TPSA) is 54.3 Å². The SMILES string of the molecule is CC(=O)NCc1cccn1-c1ccc(Cl)c(CO)c1Cl. The van der Waals surface area contributed by atoms with Crippen molar-refractivity contribution < 1.29 is 9.90 Å². The molecule has 0 aliphatic heterocycles. The molecule has 106 valence electrons. The van der Waals surface area contributed by atoms with Gasteiger partial charge in [0, 0.05) is 29.4 Å². The molecule has 1 aromatic carbocycles. The molecule has 0 atom stereocenters. The van der Waals surface area contributed by atoms with Crippen molar-refractivity contribution in [1.82, 2.24) is 9.88 Å². The van der Waals surface area contributed by atoms with Crippen LogP contribution in [0.1, 0.15) is 18.2 Å². The number of halogens is 2. The number of aromatic nitrogens is 1. The summed E-state index contributed by atoms with van der Waals surface area (Å²) < 4.78 is 1.85. The Morgan fingerprint density at radius 3 is 2.75 bits per heavy atom. The Morgan fingerprint density at radius 2 is 2.10 bits per heavy atom. The number of nitrogens with one attached hydrogen (secondary N) is 1. The predicted molar refractivity (Wildman–Crippen MR) is 79.2 cm³/mol. The maximum absolute atomic E-state index is 11.0. The van der Waals surface area contributed by atoms with Gasteiger partial charge in [0.15, 0.2) is 0 Å². The first-order valence-corrected chi connectivity index (χ1v) is 6.79. The van der Waals surface area contributed by atoms with Crippen molar-refractivity contribution in [3.63, 3.8) is 0 Å². The highest BCUT2D eigenvalue weighted by atomic mass is 35.5. The Kier molecular flexibility index (Phi) is 4.70. The first-order valence-electron chi connectivity index (χ1n) is 6.03. The second-order valence-corrected chi connectivity index (χ2v) is 5.08. The number of carbonyl (C=O) groups excluding carboxylic acids is 1. The molecule has 0 aliphatic carbocycles. The van der Waals surface area contributed by atoms with Crippen LogP contribution in [0.3, 0.4) is 0 Å². The molecule has 0 spiro atoms. The van der Waals surface area contributed by atoms with Gasteiger partial charge in [-0.3, -0.25) is 4.79 Å². The third-order valence-corrected chi connectivity index (χ3v) is 3.71. The van der Waals surface area contributed by atoms with Gasteiger partial charge in [0.05, 0.1) is 23.9 Å². The summed E-state index contributed by atoms with van der Waals surface area (Å²) in [6, 6.07) is 7.22. The molecule has 0 fully saturated rings. The number of amides is 1. The fourth-order valence-electron chi connectivity index (χ4n) is 1.93. The first-order chi connectivity index (χ1) is 9.54. The highest BCUT2D eigenvalue weighted by molar-refractivity contribution is 6.37. The van der Waals surface area contributed by atoms with E-state index in [0.29, 0.717) is 27.8 Å². The molecule has 0 radical (unpaired) electrons. The largest absolute Gasteiger partial charge is 0.392 e. The number of aliphatic hydroxyl groups excluding tert-OH is 1. The standard InChI is InChI=1S/C14H14Cl2N2O2/c1-9(20)17-7-10-3-2-6-18(10)13-5-4-12(15)11(8-19)14(13)16/h2-6,19H,7-8H2,1H3,(H,17,20). The zero-order chi connectivity index (χ0) is 14.7. The van der Waals surface area contributed by atoms with E-state index in [-0.39, 0.29) is 12.5 Å². The van der Waals surface area contributed by atoms with Crippen LogP contribution in [-0.2, 0) is 17.9 Å². The van der Waals surface area contributed by atoms with Crippen LogP contribution in [0.2, 0.25) is 10.0 Å². The molecule has 20 heavy (non-hydrogen) atoms. The van der Waals surface area contributed by atoms with Crippen molar-refractivity contribution in [3.05, 3.63) is 51.8 Å². The van der Waals surface area contributed by atoms with Crippen molar-refractivity contribution in [2.45, 2.75) is 20.1 Å². The van der Waals surface area contributed by atoms with Crippen molar-refractivity contribution in [2.75, 3.05) is 0 Å². The molecular formula is C14H14Cl2N2O2. The number of rotatable bonds is 4. The molecule has 0 unspecified atom stereocenters. The number of nitrogens with zero attached hydrogens (tertiary/aromatic N) is 1. The maximum atomic E-state index is 11.0. The number of benzene rings is 1. The molecule has 1 aromatic heterocycles. The molecule has 0 aliphatic rings. The molecule has 1 heterocycles. The number of carbonyl (C=O) groups is 1. The minimum absolute atomic E-state index is 0.101. The van der Waals surface area contributed by atoms with Crippen molar-refractivity contribution in [2.24, 2.45) is 0 Å². The highest BCUT2D eigenvalue weighted by Gasteiger charge is 2.13. The summed E-state index contributed by atoms with van der Waals surface area (Å²) in [5.74, 6) is -0.101.